The van der Waals surface area contributed by atoms with Crippen molar-refractivity contribution in [1.29, 1.82) is 0 Å². The molecule has 0 saturated heterocycles. The van der Waals surface area contributed by atoms with E-state index in [9.17, 15) is 15.3 Å². The van der Waals surface area contributed by atoms with E-state index >= 15 is 0 Å². The van der Waals surface area contributed by atoms with E-state index in [0.717, 1.165) is 68.8 Å². The molecule has 5 aromatic rings. The lowest BCUT2D eigenvalue weighted by molar-refractivity contribution is -0.0476. The molecule has 296 valence electrons. The fourth-order valence-electron chi connectivity index (χ4n) is 10.6. The average Bonchev–Trinajstić information content (AvgIpc) is 3.94. The van der Waals surface area contributed by atoms with Crippen molar-refractivity contribution in [2.45, 2.75) is 87.6 Å². The number of phenols is 2. The second kappa shape index (κ2) is 14.7. The maximum absolute atomic E-state index is 11.5. The summed E-state index contributed by atoms with van der Waals surface area (Å²) >= 11 is 0. The molecule has 5 atom stereocenters. The SMILES string of the molecule is CNCC1=Cc2c(O)ccc3c2C(Cc2c4c(c5c(c2-3)OC(CO)CC5)OC(c2ccc(O)c(OC)c2)C(OCNC2CCCC2)C4)C1c1ccc2[nH]ccc2c1. The molecule has 1 fully saturated rings. The molecule has 10 nitrogen and oxygen atoms in total. The van der Waals surface area contributed by atoms with Gasteiger partial charge in [-0.25, -0.2) is 0 Å². The van der Waals surface area contributed by atoms with Crippen LogP contribution in [0.2, 0.25) is 0 Å². The van der Waals surface area contributed by atoms with Crippen LogP contribution in [-0.2, 0) is 24.0 Å². The average molecular weight is 770 g/mol. The number of fused-ring (bicyclic) bond motifs is 8. The van der Waals surface area contributed by atoms with Crippen molar-refractivity contribution < 1.29 is 34.3 Å². The molecule has 10 rings (SSSR count). The van der Waals surface area contributed by atoms with Crippen LogP contribution >= 0.6 is 0 Å². The van der Waals surface area contributed by atoms with Gasteiger partial charge in [-0.15, -0.1) is 0 Å². The van der Waals surface area contributed by atoms with Gasteiger partial charge < -0.3 is 44.6 Å². The minimum absolute atomic E-state index is 0.0150. The van der Waals surface area contributed by atoms with Gasteiger partial charge in [0.1, 0.15) is 29.5 Å². The van der Waals surface area contributed by atoms with Crippen molar-refractivity contribution in [3.05, 3.63) is 105 Å². The van der Waals surface area contributed by atoms with E-state index in [-0.39, 0.29) is 42.1 Å². The van der Waals surface area contributed by atoms with Crippen LogP contribution in [0, 0.1) is 0 Å². The van der Waals surface area contributed by atoms with Crippen LogP contribution in [0.25, 0.3) is 28.1 Å². The van der Waals surface area contributed by atoms with Gasteiger partial charge in [-0.3, -0.25) is 5.32 Å². The highest BCUT2D eigenvalue weighted by atomic mass is 16.6. The molecule has 0 radical (unpaired) electrons. The van der Waals surface area contributed by atoms with Crippen LogP contribution in [0.15, 0.2) is 66.4 Å². The second-order valence-electron chi connectivity index (χ2n) is 16.5. The van der Waals surface area contributed by atoms with E-state index in [4.69, 9.17) is 18.9 Å². The first-order valence-corrected chi connectivity index (χ1v) is 20.6. The number of benzene rings is 4. The molecule has 2 aliphatic heterocycles. The summed E-state index contributed by atoms with van der Waals surface area (Å²) in [5, 5.41) is 40.8. The third-order valence-electron chi connectivity index (χ3n) is 13.2. The summed E-state index contributed by atoms with van der Waals surface area (Å²) in [4.78, 5) is 3.36. The lowest BCUT2D eigenvalue weighted by Crippen LogP contribution is -2.39. The zero-order valence-electron chi connectivity index (χ0n) is 32.6. The third-order valence-corrected chi connectivity index (χ3v) is 13.2. The number of likely N-dealkylation sites (N-methyl/N-ethyl adjacent to an activating group) is 1. The van der Waals surface area contributed by atoms with Crippen LogP contribution in [-0.4, -0.2) is 72.6 Å². The Morgan fingerprint density at radius 1 is 0.877 bits per heavy atom. The molecule has 5 aliphatic rings. The van der Waals surface area contributed by atoms with Gasteiger partial charge >= 0.3 is 0 Å². The van der Waals surface area contributed by atoms with E-state index in [1.165, 1.54) is 34.9 Å². The zero-order valence-corrected chi connectivity index (χ0v) is 32.6. The third kappa shape index (κ3) is 6.16. The van der Waals surface area contributed by atoms with E-state index in [1.54, 1.807) is 13.2 Å². The minimum Gasteiger partial charge on any atom is -0.507 e. The highest BCUT2D eigenvalue weighted by Gasteiger charge is 2.45. The quantitative estimate of drug-likeness (QED) is 0.0797. The number of rotatable bonds is 10. The van der Waals surface area contributed by atoms with Gasteiger partial charge in [-0.2, -0.15) is 0 Å². The smallest absolute Gasteiger partial charge is 0.160 e. The van der Waals surface area contributed by atoms with Crippen molar-refractivity contribution in [1.82, 2.24) is 15.6 Å². The molecule has 3 aliphatic carbocycles. The fourth-order valence-corrected chi connectivity index (χ4v) is 10.6. The Labute approximate surface area is 332 Å². The Hall–Kier alpha value is -5.00. The Kier molecular flexibility index (Phi) is 9.40. The Balaban J connectivity index is 1.15. The van der Waals surface area contributed by atoms with Crippen molar-refractivity contribution >= 4 is 17.0 Å². The van der Waals surface area contributed by atoms with Gasteiger partial charge in [0, 0.05) is 58.9 Å². The molecule has 5 unspecified atom stereocenters. The van der Waals surface area contributed by atoms with E-state index < -0.39 is 6.10 Å². The van der Waals surface area contributed by atoms with E-state index in [0.29, 0.717) is 50.8 Å². The maximum atomic E-state index is 11.5. The predicted molar refractivity (Wildman–Crippen MR) is 220 cm³/mol. The molecule has 4 aromatic carbocycles. The highest BCUT2D eigenvalue weighted by molar-refractivity contribution is 5.90. The van der Waals surface area contributed by atoms with Gasteiger partial charge in [0.2, 0.25) is 0 Å². The number of aromatic hydroxyl groups is 2. The minimum atomic E-state index is -0.477. The molecule has 3 heterocycles. The summed E-state index contributed by atoms with van der Waals surface area (Å²) in [7, 11) is 3.54. The Bertz CT molecular complexity index is 2380. The summed E-state index contributed by atoms with van der Waals surface area (Å²) in [5.41, 5.74) is 11.8. The number of aromatic nitrogens is 1. The molecule has 10 heteroatoms. The molecular formula is C47H51N3O7. The van der Waals surface area contributed by atoms with Crippen molar-refractivity contribution in [3.8, 4) is 39.9 Å². The summed E-state index contributed by atoms with van der Waals surface area (Å²) in [6, 6.07) is 18.6. The molecule has 1 saturated carbocycles. The molecule has 0 spiro atoms. The van der Waals surface area contributed by atoms with Crippen molar-refractivity contribution in [2.24, 2.45) is 0 Å². The van der Waals surface area contributed by atoms with Gasteiger partial charge in [-0.05, 0) is 126 Å². The second-order valence-corrected chi connectivity index (χ2v) is 16.5. The summed E-state index contributed by atoms with van der Waals surface area (Å²) in [6.45, 7) is 1.00. The first-order chi connectivity index (χ1) is 27.9. The summed E-state index contributed by atoms with van der Waals surface area (Å²) < 4.78 is 26.4. The monoisotopic (exact) mass is 769 g/mol. The number of aliphatic hydroxyl groups excluding tert-OH is 1. The van der Waals surface area contributed by atoms with Crippen LogP contribution in [0.1, 0.15) is 89.0 Å². The van der Waals surface area contributed by atoms with Crippen molar-refractivity contribution in [3.63, 3.8) is 0 Å². The van der Waals surface area contributed by atoms with Gasteiger partial charge in [0.15, 0.2) is 17.6 Å². The topological polar surface area (TPSA) is 137 Å². The number of H-pyrrole nitrogens is 1. The van der Waals surface area contributed by atoms with Gasteiger partial charge in [0.05, 0.1) is 20.4 Å². The number of hydrogen-bond acceptors (Lipinski definition) is 9. The van der Waals surface area contributed by atoms with E-state index in [2.05, 4.69) is 52.0 Å². The summed E-state index contributed by atoms with van der Waals surface area (Å²) in [5.74, 6) is 2.38. The van der Waals surface area contributed by atoms with E-state index in [1.807, 2.05) is 31.4 Å². The number of ether oxygens (including phenoxy) is 4. The Morgan fingerprint density at radius 2 is 1.72 bits per heavy atom. The lowest BCUT2D eigenvalue weighted by atomic mass is 9.63. The van der Waals surface area contributed by atoms with Gasteiger partial charge in [-0.1, -0.05) is 31.0 Å². The Morgan fingerprint density at radius 3 is 2.54 bits per heavy atom. The molecule has 57 heavy (non-hydrogen) atoms. The largest absolute Gasteiger partial charge is 0.507 e. The predicted octanol–water partition coefficient (Wildman–Crippen LogP) is 7.53. The number of nitrogens with one attached hydrogen (secondary N) is 3. The van der Waals surface area contributed by atoms with Crippen LogP contribution in [0.3, 0.4) is 0 Å². The number of phenolic OH excluding ortho intramolecular Hbond substituents is 2. The summed E-state index contributed by atoms with van der Waals surface area (Å²) in [6.07, 6.45) is 10.5. The lowest BCUT2D eigenvalue weighted by Gasteiger charge is -2.44. The standard InChI is InChI=1S/C47H51N3O7/c1-48-22-28-18-35-38(52)14-11-31-43(35)36(42(28)26-7-12-37-25(17-26)15-16-49-37)20-33-34-21-41(55-24-50-29-5-3-4-6-29)45(27-8-13-39(53)40(19-27)54-2)57-46(34)32-10-9-30(23-51)56-47(32)44(31)33/h7-8,11-19,29-30,36,41-42,45,48-53H,3-6,9-10,20-24H2,1-2H3. The molecular weight excluding hydrogens is 719 g/mol. The molecule has 0 amide bonds. The number of methoxy groups -OCH3 is 1. The first kappa shape index (κ1) is 36.3. The number of aliphatic hydroxyl groups is 1. The molecule has 1 aromatic heterocycles. The maximum Gasteiger partial charge on any atom is 0.160 e. The first-order valence-electron chi connectivity index (χ1n) is 20.6. The van der Waals surface area contributed by atoms with Crippen molar-refractivity contribution in [2.75, 3.05) is 34.0 Å². The normalized spacial score (nSPS) is 23.5. The van der Waals surface area contributed by atoms with Crippen LogP contribution in [0.5, 0.6) is 28.7 Å². The number of hydrogen-bond donors (Lipinski definition) is 6. The highest BCUT2D eigenvalue weighted by Crippen LogP contribution is 2.60. The molecule has 6 N–H and O–H groups in total. The zero-order chi connectivity index (χ0) is 38.8. The van der Waals surface area contributed by atoms with Crippen LogP contribution < -0.4 is 24.8 Å². The fraction of sp³-hybridized carbons (Fsp3) is 0.404. The number of aromatic amines is 1. The van der Waals surface area contributed by atoms with Crippen LogP contribution in [0.4, 0.5) is 0 Å². The van der Waals surface area contributed by atoms with Gasteiger partial charge in [0.25, 0.3) is 0 Å². The molecule has 0 bridgehead atoms.